The SMILES string of the molecule is CCOC(=O)CCCC(C#Cc1ccc2c(c1)C(SC)(SC)CCO2)c1cnccn1. The second-order valence-electron chi connectivity index (χ2n) is 7.12. The van der Waals surface area contributed by atoms with Crippen molar-refractivity contribution in [3.8, 4) is 17.6 Å². The van der Waals surface area contributed by atoms with E-state index in [9.17, 15) is 4.79 Å². The molecule has 31 heavy (non-hydrogen) atoms. The number of carbonyl (C=O) groups is 1. The summed E-state index contributed by atoms with van der Waals surface area (Å²) >= 11 is 3.71. The number of ether oxygens (including phenoxy) is 2. The van der Waals surface area contributed by atoms with Gasteiger partial charge in [0.15, 0.2) is 0 Å². The fourth-order valence-electron chi connectivity index (χ4n) is 3.61. The van der Waals surface area contributed by atoms with Crippen molar-refractivity contribution in [2.45, 2.75) is 42.6 Å². The predicted octanol–water partition coefficient (Wildman–Crippen LogP) is 5.01. The van der Waals surface area contributed by atoms with Gasteiger partial charge < -0.3 is 9.47 Å². The van der Waals surface area contributed by atoms with Crippen molar-refractivity contribution in [2.24, 2.45) is 0 Å². The normalized spacial score (nSPS) is 15.1. The zero-order valence-corrected chi connectivity index (χ0v) is 19.9. The average molecular weight is 457 g/mol. The molecule has 2 heterocycles. The quantitative estimate of drug-likeness (QED) is 0.314. The molecule has 1 unspecified atom stereocenters. The minimum Gasteiger partial charge on any atom is -0.493 e. The molecule has 0 bridgehead atoms. The molecule has 1 aliphatic rings. The fourth-order valence-corrected chi connectivity index (χ4v) is 5.61. The smallest absolute Gasteiger partial charge is 0.305 e. The van der Waals surface area contributed by atoms with Gasteiger partial charge in [-0.25, -0.2) is 0 Å². The molecule has 1 atom stereocenters. The molecule has 0 N–H and O–H groups in total. The number of benzene rings is 1. The molecule has 0 radical (unpaired) electrons. The Hall–Kier alpha value is -2.17. The number of nitrogens with zero attached hydrogens (tertiary/aromatic N) is 2. The largest absolute Gasteiger partial charge is 0.493 e. The van der Waals surface area contributed by atoms with Gasteiger partial charge in [0.05, 0.1) is 28.9 Å². The zero-order chi connectivity index (χ0) is 22.1. The van der Waals surface area contributed by atoms with Gasteiger partial charge in [0, 0.05) is 42.6 Å². The van der Waals surface area contributed by atoms with Gasteiger partial charge >= 0.3 is 5.97 Å². The minimum atomic E-state index is -0.173. The van der Waals surface area contributed by atoms with Gasteiger partial charge in [-0.15, -0.1) is 23.5 Å². The molecule has 0 amide bonds. The van der Waals surface area contributed by atoms with E-state index in [4.69, 9.17) is 9.47 Å². The Morgan fingerprint density at radius 2 is 2.16 bits per heavy atom. The average Bonchev–Trinajstić information content (AvgIpc) is 2.81. The maximum atomic E-state index is 11.7. The maximum absolute atomic E-state index is 11.7. The first-order valence-electron chi connectivity index (χ1n) is 10.4. The number of aromatic nitrogens is 2. The number of fused-ring (bicyclic) bond motifs is 1. The summed E-state index contributed by atoms with van der Waals surface area (Å²) in [5.74, 6) is 7.38. The van der Waals surface area contributed by atoms with Gasteiger partial charge in [-0.2, -0.15) is 0 Å². The lowest BCUT2D eigenvalue weighted by molar-refractivity contribution is -0.143. The van der Waals surface area contributed by atoms with Crippen LogP contribution in [0.1, 0.15) is 55.3 Å². The summed E-state index contributed by atoms with van der Waals surface area (Å²) in [4.78, 5) is 20.3. The monoisotopic (exact) mass is 456 g/mol. The number of hydrogen-bond donors (Lipinski definition) is 0. The maximum Gasteiger partial charge on any atom is 0.305 e. The number of esters is 1. The first kappa shape index (κ1) is 23.5. The first-order valence-corrected chi connectivity index (χ1v) is 12.9. The van der Waals surface area contributed by atoms with E-state index in [2.05, 4.69) is 40.4 Å². The topological polar surface area (TPSA) is 61.3 Å². The highest BCUT2D eigenvalue weighted by molar-refractivity contribution is 8.16. The summed E-state index contributed by atoms with van der Waals surface area (Å²) in [5, 5.41) is 0. The van der Waals surface area contributed by atoms with Gasteiger partial charge in [-0.1, -0.05) is 11.8 Å². The molecule has 0 aliphatic carbocycles. The lowest BCUT2D eigenvalue weighted by Gasteiger charge is -2.36. The van der Waals surface area contributed by atoms with Gasteiger partial charge in [0.1, 0.15) is 5.75 Å². The van der Waals surface area contributed by atoms with Crippen molar-refractivity contribution in [1.29, 1.82) is 0 Å². The first-order chi connectivity index (χ1) is 15.1. The third-order valence-corrected chi connectivity index (χ3v) is 8.42. The fraction of sp³-hybridized carbons (Fsp3) is 0.458. The van der Waals surface area contributed by atoms with Crippen molar-refractivity contribution in [3.05, 3.63) is 53.6 Å². The lowest BCUT2D eigenvalue weighted by Crippen LogP contribution is -2.26. The molecular formula is C24H28N2O3S2. The molecule has 2 aromatic rings. The zero-order valence-electron chi connectivity index (χ0n) is 18.2. The number of rotatable bonds is 8. The molecule has 5 nitrogen and oxygen atoms in total. The van der Waals surface area contributed by atoms with Crippen molar-refractivity contribution < 1.29 is 14.3 Å². The Kier molecular flexibility index (Phi) is 8.68. The summed E-state index contributed by atoms with van der Waals surface area (Å²) < 4.78 is 10.9. The lowest BCUT2D eigenvalue weighted by atomic mass is 9.97. The predicted molar refractivity (Wildman–Crippen MR) is 127 cm³/mol. The Morgan fingerprint density at radius 1 is 1.32 bits per heavy atom. The third-order valence-electron chi connectivity index (χ3n) is 5.25. The summed E-state index contributed by atoms with van der Waals surface area (Å²) in [6.07, 6.45) is 12.1. The molecule has 7 heteroatoms. The summed E-state index contributed by atoms with van der Waals surface area (Å²) in [6, 6.07) is 6.19. The van der Waals surface area contributed by atoms with E-state index in [1.807, 2.05) is 42.6 Å². The Morgan fingerprint density at radius 3 is 2.87 bits per heavy atom. The van der Waals surface area contributed by atoms with E-state index in [0.717, 1.165) is 36.5 Å². The van der Waals surface area contributed by atoms with Crippen LogP contribution in [0.3, 0.4) is 0 Å². The van der Waals surface area contributed by atoms with Crippen LogP contribution < -0.4 is 4.74 Å². The van der Waals surface area contributed by atoms with E-state index in [-0.39, 0.29) is 16.0 Å². The van der Waals surface area contributed by atoms with Crippen LogP contribution in [0.25, 0.3) is 0 Å². The van der Waals surface area contributed by atoms with Crippen LogP contribution in [-0.2, 0) is 13.6 Å². The molecule has 0 fully saturated rings. The van der Waals surface area contributed by atoms with E-state index < -0.39 is 0 Å². The van der Waals surface area contributed by atoms with E-state index >= 15 is 0 Å². The van der Waals surface area contributed by atoms with Crippen molar-refractivity contribution in [3.63, 3.8) is 0 Å². The van der Waals surface area contributed by atoms with E-state index in [0.29, 0.717) is 19.4 Å². The van der Waals surface area contributed by atoms with Crippen LogP contribution in [0.15, 0.2) is 36.8 Å². The molecular weight excluding hydrogens is 428 g/mol. The second-order valence-corrected chi connectivity index (χ2v) is 9.59. The van der Waals surface area contributed by atoms with Crippen LogP contribution in [0.5, 0.6) is 5.75 Å². The molecule has 0 spiro atoms. The molecule has 0 saturated carbocycles. The summed E-state index contributed by atoms with van der Waals surface area (Å²) in [5.41, 5.74) is 2.97. The number of carbonyl (C=O) groups excluding carboxylic acids is 1. The van der Waals surface area contributed by atoms with Crippen LogP contribution >= 0.6 is 23.5 Å². The number of thioether (sulfide) groups is 2. The highest BCUT2D eigenvalue weighted by Gasteiger charge is 2.36. The van der Waals surface area contributed by atoms with Gasteiger partial charge in [-0.3, -0.25) is 14.8 Å². The molecule has 3 rings (SSSR count). The van der Waals surface area contributed by atoms with Crippen molar-refractivity contribution in [2.75, 3.05) is 25.7 Å². The highest BCUT2D eigenvalue weighted by atomic mass is 32.2. The Bertz CT molecular complexity index is 937. The van der Waals surface area contributed by atoms with Gasteiger partial charge in [0.25, 0.3) is 0 Å². The van der Waals surface area contributed by atoms with Crippen LogP contribution in [0, 0.1) is 11.8 Å². The Labute approximate surface area is 193 Å². The summed E-state index contributed by atoms with van der Waals surface area (Å²) in [6.45, 7) is 2.95. The van der Waals surface area contributed by atoms with Crippen molar-refractivity contribution >= 4 is 29.5 Å². The minimum absolute atomic E-state index is 0.00474. The van der Waals surface area contributed by atoms with Crippen LogP contribution in [-0.4, -0.2) is 41.7 Å². The van der Waals surface area contributed by atoms with Crippen molar-refractivity contribution in [1.82, 2.24) is 9.97 Å². The number of hydrogen-bond acceptors (Lipinski definition) is 7. The molecule has 164 valence electrons. The van der Waals surface area contributed by atoms with Gasteiger partial charge in [-0.05, 0) is 50.5 Å². The Balaban J connectivity index is 1.82. The summed E-state index contributed by atoms with van der Waals surface area (Å²) in [7, 11) is 0. The third kappa shape index (κ3) is 5.96. The highest BCUT2D eigenvalue weighted by Crippen LogP contribution is 2.52. The van der Waals surface area contributed by atoms with Gasteiger partial charge in [0.2, 0.25) is 0 Å². The molecule has 0 saturated heterocycles. The van der Waals surface area contributed by atoms with E-state index in [1.54, 1.807) is 18.6 Å². The van der Waals surface area contributed by atoms with E-state index in [1.165, 1.54) is 5.56 Å². The molecule has 1 aromatic carbocycles. The van der Waals surface area contributed by atoms with Crippen LogP contribution in [0.2, 0.25) is 0 Å². The molecule has 1 aliphatic heterocycles. The standard InChI is InChI=1S/C24H28N2O3S2/c1-4-28-23(27)7-5-6-19(21-17-25-13-14-26-21)10-8-18-9-11-22-20(16-18)24(30-2,31-3)12-15-29-22/h9,11,13-14,16-17,19H,4-7,12,15H2,1-3H3. The molecule has 1 aromatic heterocycles. The van der Waals surface area contributed by atoms with Crippen LogP contribution in [0.4, 0.5) is 0 Å². The second kappa shape index (κ2) is 11.4.